The van der Waals surface area contributed by atoms with Crippen LogP contribution in [-0.2, 0) is 0 Å². The minimum atomic E-state index is -3.09. The second kappa shape index (κ2) is 8.62. The Labute approximate surface area is 149 Å². The summed E-state index contributed by atoms with van der Waals surface area (Å²) in [6, 6.07) is 12.6. The van der Waals surface area contributed by atoms with Gasteiger partial charge in [-0.2, -0.15) is 14.0 Å². The summed E-state index contributed by atoms with van der Waals surface area (Å²) < 4.78 is 40.0. The molecule has 0 aliphatic rings. The number of para-hydroxylation sites is 2. The minimum absolute atomic E-state index is 0.0566. The van der Waals surface area contributed by atoms with E-state index >= 15 is 0 Å². The molecule has 2 aromatic carbocycles. The normalized spacial score (nSPS) is 11.0. The molecule has 0 fully saturated rings. The topological polar surface area (TPSA) is 68.6 Å². The largest absolute Gasteiger partial charge is 0.496 e. The molecule has 2 aromatic rings. The van der Waals surface area contributed by atoms with Gasteiger partial charge in [0, 0.05) is 5.56 Å². The van der Waals surface area contributed by atoms with Gasteiger partial charge in [-0.15, -0.1) is 0 Å². The van der Waals surface area contributed by atoms with Crippen LogP contribution in [0.2, 0.25) is 0 Å². The van der Waals surface area contributed by atoms with Gasteiger partial charge in [-0.3, -0.25) is 4.79 Å². The number of hydrogen-bond donors (Lipinski definition) is 0. The van der Waals surface area contributed by atoms with Crippen molar-refractivity contribution in [2.45, 2.75) is 6.61 Å². The van der Waals surface area contributed by atoms with E-state index < -0.39 is 12.4 Å². The molecule has 0 saturated heterocycles. The summed E-state index contributed by atoms with van der Waals surface area (Å²) in [5.41, 5.74) is 0.0355. The number of carbonyl (C=O) groups is 1. The molecule has 0 radical (unpaired) electrons. The second-order valence-electron chi connectivity index (χ2n) is 4.96. The number of hydrogen-bond acceptors (Lipinski definition) is 5. The molecule has 0 amide bonds. The smallest absolute Gasteiger partial charge is 0.387 e. The highest BCUT2D eigenvalue weighted by Gasteiger charge is 2.19. The number of alkyl halides is 2. The third-order valence-corrected chi connectivity index (χ3v) is 3.45. The molecular formula is C19H15F2NO4. The van der Waals surface area contributed by atoms with E-state index in [1.165, 1.54) is 44.6 Å². The molecule has 0 aliphatic heterocycles. The predicted octanol–water partition coefficient (Wildman–Crippen LogP) is 4.10. The van der Waals surface area contributed by atoms with Crippen molar-refractivity contribution in [2.24, 2.45) is 0 Å². The zero-order valence-electron chi connectivity index (χ0n) is 14.0. The summed E-state index contributed by atoms with van der Waals surface area (Å²) in [4.78, 5) is 12.7. The van der Waals surface area contributed by atoms with Gasteiger partial charge in [-0.05, 0) is 24.3 Å². The summed E-state index contributed by atoms with van der Waals surface area (Å²) in [6.07, 6.45) is 1.18. The first-order valence-corrected chi connectivity index (χ1v) is 7.43. The standard InChI is InChI=1S/C19H15F2NO4/c1-24-15-8-4-3-7-14(15)17(23)13(11-22)10-12-6-5-9-16(25-2)18(12)26-19(20)21/h3-10,19H,1-2H3/b13-10+. The van der Waals surface area contributed by atoms with Crippen LogP contribution >= 0.6 is 0 Å². The van der Waals surface area contributed by atoms with Crippen molar-refractivity contribution in [3.05, 3.63) is 59.2 Å². The zero-order valence-corrected chi connectivity index (χ0v) is 14.0. The van der Waals surface area contributed by atoms with Crippen LogP contribution in [0, 0.1) is 11.3 Å². The van der Waals surface area contributed by atoms with Crippen molar-refractivity contribution in [3.63, 3.8) is 0 Å². The number of allylic oxidation sites excluding steroid dienone is 1. The van der Waals surface area contributed by atoms with Gasteiger partial charge in [0.1, 0.15) is 17.4 Å². The van der Waals surface area contributed by atoms with Crippen LogP contribution in [0.3, 0.4) is 0 Å². The van der Waals surface area contributed by atoms with Crippen molar-refractivity contribution in [2.75, 3.05) is 14.2 Å². The predicted molar refractivity (Wildman–Crippen MR) is 90.5 cm³/mol. The molecule has 0 saturated carbocycles. The van der Waals surface area contributed by atoms with Crippen LogP contribution in [-0.4, -0.2) is 26.6 Å². The van der Waals surface area contributed by atoms with E-state index in [4.69, 9.17) is 9.47 Å². The van der Waals surface area contributed by atoms with Gasteiger partial charge in [0.25, 0.3) is 0 Å². The number of ketones is 1. The Morgan fingerprint density at radius 1 is 1.08 bits per heavy atom. The van der Waals surface area contributed by atoms with Crippen molar-refractivity contribution >= 4 is 11.9 Å². The maximum absolute atomic E-state index is 12.7. The highest BCUT2D eigenvalue weighted by molar-refractivity contribution is 6.15. The molecule has 134 valence electrons. The van der Waals surface area contributed by atoms with E-state index in [0.29, 0.717) is 5.75 Å². The highest BCUT2D eigenvalue weighted by atomic mass is 19.3. The first-order chi connectivity index (χ1) is 12.5. The number of nitriles is 1. The van der Waals surface area contributed by atoms with Gasteiger partial charge in [-0.25, -0.2) is 0 Å². The molecule has 0 heterocycles. The van der Waals surface area contributed by atoms with Crippen LogP contribution in [0.5, 0.6) is 17.2 Å². The Kier molecular flexibility index (Phi) is 6.28. The Hall–Kier alpha value is -3.40. The Morgan fingerprint density at radius 2 is 1.73 bits per heavy atom. The fourth-order valence-electron chi connectivity index (χ4n) is 2.30. The van der Waals surface area contributed by atoms with Crippen LogP contribution in [0.1, 0.15) is 15.9 Å². The first kappa shape index (κ1) is 18.9. The average Bonchev–Trinajstić information content (AvgIpc) is 2.66. The third kappa shape index (κ3) is 4.16. The summed E-state index contributed by atoms with van der Waals surface area (Å²) in [7, 11) is 2.70. The lowest BCUT2D eigenvalue weighted by Gasteiger charge is -2.13. The van der Waals surface area contributed by atoms with Crippen LogP contribution in [0.15, 0.2) is 48.0 Å². The lowest BCUT2D eigenvalue weighted by atomic mass is 10.0. The monoisotopic (exact) mass is 359 g/mol. The van der Waals surface area contributed by atoms with E-state index in [2.05, 4.69) is 4.74 Å². The van der Waals surface area contributed by atoms with Gasteiger partial charge < -0.3 is 14.2 Å². The maximum atomic E-state index is 12.7. The van der Waals surface area contributed by atoms with E-state index in [1.807, 2.05) is 0 Å². The molecule has 0 atom stereocenters. The number of Topliss-reactive ketones (excluding diaryl/α,β-unsaturated/α-hetero) is 1. The van der Waals surface area contributed by atoms with Crippen molar-refractivity contribution in [1.82, 2.24) is 0 Å². The van der Waals surface area contributed by atoms with Crippen molar-refractivity contribution in [1.29, 1.82) is 5.26 Å². The van der Waals surface area contributed by atoms with Crippen molar-refractivity contribution < 1.29 is 27.8 Å². The highest BCUT2D eigenvalue weighted by Crippen LogP contribution is 2.34. The van der Waals surface area contributed by atoms with E-state index in [1.54, 1.807) is 24.3 Å². The van der Waals surface area contributed by atoms with E-state index in [-0.39, 0.29) is 28.2 Å². The molecule has 0 aromatic heterocycles. The number of ether oxygens (including phenoxy) is 3. The number of benzene rings is 2. The van der Waals surface area contributed by atoms with Crippen LogP contribution < -0.4 is 14.2 Å². The SMILES string of the molecule is COc1ccccc1C(=O)/C(C#N)=C/c1cccc(OC)c1OC(F)F. The van der Waals surface area contributed by atoms with Crippen LogP contribution in [0.25, 0.3) is 6.08 Å². The summed E-state index contributed by atoms with van der Waals surface area (Å²) in [6.45, 7) is -3.09. The fourth-order valence-corrected chi connectivity index (χ4v) is 2.30. The summed E-state index contributed by atoms with van der Waals surface area (Å²) >= 11 is 0. The summed E-state index contributed by atoms with van der Waals surface area (Å²) in [5, 5.41) is 9.38. The molecular weight excluding hydrogens is 344 g/mol. The molecule has 0 bridgehead atoms. The molecule has 0 N–H and O–H groups in total. The van der Waals surface area contributed by atoms with Crippen molar-refractivity contribution in [3.8, 4) is 23.3 Å². The molecule has 26 heavy (non-hydrogen) atoms. The number of rotatable bonds is 7. The quantitative estimate of drug-likeness (QED) is 0.423. The molecule has 5 nitrogen and oxygen atoms in total. The Bertz CT molecular complexity index is 872. The van der Waals surface area contributed by atoms with Gasteiger partial charge in [0.15, 0.2) is 11.5 Å². The maximum Gasteiger partial charge on any atom is 0.387 e. The van der Waals surface area contributed by atoms with Crippen LogP contribution in [0.4, 0.5) is 8.78 Å². The molecule has 0 unspecified atom stereocenters. The number of halogens is 2. The van der Waals surface area contributed by atoms with Gasteiger partial charge in [-0.1, -0.05) is 24.3 Å². The lowest BCUT2D eigenvalue weighted by Crippen LogP contribution is -2.07. The second-order valence-corrected chi connectivity index (χ2v) is 4.96. The number of methoxy groups -OCH3 is 2. The fraction of sp³-hybridized carbons (Fsp3) is 0.158. The third-order valence-electron chi connectivity index (χ3n) is 3.45. The lowest BCUT2D eigenvalue weighted by molar-refractivity contribution is -0.0513. The average molecular weight is 359 g/mol. The summed E-state index contributed by atoms with van der Waals surface area (Å²) in [5.74, 6) is -0.504. The molecule has 2 rings (SSSR count). The number of nitrogens with zero attached hydrogens (tertiary/aromatic N) is 1. The van der Waals surface area contributed by atoms with E-state index in [0.717, 1.165) is 0 Å². The van der Waals surface area contributed by atoms with Gasteiger partial charge in [0.05, 0.1) is 19.8 Å². The molecule has 0 spiro atoms. The Morgan fingerprint density at radius 3 is 2.35 bits per heavy atom. The molecule has 0 aliphatic carbocycles. The minimum Gasteiger partial charge on any atom is -0.496 e. The zero-order chi connectivity index (χ0) is 19.1. The van der Waals surface area contributed by atoms with Gasteiger partial charge >= 0.3 is 6.61 Å². The van der Waals surface area contributed by atoms with Gasteiger partial charge in [0.2, 0.25) is 5.78 Å². The first-order valence-electron chi connectivity index (χ1n) is 7.43. The van der Waals surface area contributed by atoms with E-state index in [9.17, 15) is 18.8 Å². The number of carbonyl (C=O) groups excluding carboxylic acids is 1. The Balaban J connectivity index is 2.53. The molecule has 7 heteroatoms.